The number of rotatable bonds is 5. The highest BCUT2D eigenvalue weighted by atomic mass is 19.1. The van der Waals surface area contributed by atoms with Crippen molar-refractivity contribution in [2.45, 2.75) is 6.42 Å². The van der Waals surface area contributed by atoms with E-state index in [-0.39, 0.29) is 25.1 Å². The monoisotopic (exact) mass is 233 g/mol. The van der Waals surface area contributed by atoms with E-state index < -0.39 is 5.82 Å². The molecule has 1 aromatic carbocycles. The molecule has 4 nitrogen and oxygen atoms in total. The van der Waals surface area contributed by atoms with Gasteiger partial charge in [-0.2, -0.15) is 10.5 Å². The lowest BCUT2D eigenvalue weighted by Crippen LogP contribution is -2.28. The molecule has 0 radical (unpaired) electrons. The molecule has 0 aromatic heterocycles. The smallest absolute Gasteiger partial charge is 0.143 e. The van der Waals surface area contributed by atoms with Gasteiger partial charge in [-0.25, -0.2) is 4.39 Å². The summed E-state index contributed by atoms with van der Waals surface area (Å²) in [6.45, 7) is 0.502. The third kappa shape index (κ3) is 3.17. The summed E-state index contributed by atoms with van der Waals surface area (Å²) in [5, 5.41) is 26.4. The Kier molecular flexibility index (Phi) is 4.93. The zero-order valence-corrected chi connectivity index (χ0v) is 9.23. The van der Waals surface area contributed by atoms with Crippen LogP contribution in [0.3, 0.4) is 0 Å². The van der Waals surface area contributed by atoms with Crippen LogP contribution in [-0.2, 0) is 0 Å². The molecule has 0 saturated heterocycles. The summed E-state index contributed by atoms with van der Waals surface area (Å²) < 4.78 is 13.4. The summed E-state index contributed by atoms with van der Waals surface area (Å²) >= 11 is 0. The van der Waals surface area contributed by atoms with E-state index in [1.54, 1.807) is 17.0 Å². The van der Waals surface area contributed by atoms with Gasteiger partial charge < -0.3 is 10.0 Å². The van der Waals surface area contributed by atoms with Crippen molar-refractivity contribution in [1.29, 1.82) is 10.5 Å². The van der Waals surface area contributed by atoms with Crippen molar-refractivity contribution in [2.24, 2.45) is 0 Å². The quantitative estimate of drug-likeness (QED) is 0.834. The second-order valence-electron chi connectivity index (χ2n) is 3.36. The first-order valence-electron chi connectivity index (χ1n) is 5.16. The summed E-state index contributed by atoms with van der Waals surface area (Å²) in [6.07, 6.45) is 0.251. The molecule has 0 amide bonds. The third-order valence-corrected chi connectivity index (χ3v) is 2.31. The van der Waals surface area contributed by atoms with Gasteiger partial charge in [-0.15, -0.1) is 0 Å². The first-order chi connectivity index (χ1) is 8.24. The van der Waals surface area contributed by atoms with Gasteiger partial charge in [0.15, 0.2) is 0 Å². The van der Waals surface area contributed by atoms with Crippen LogP contribution in [0.5, 0.6) is 0 Å². The Bertz CT molecular complexity index is 462. The second-order valence-corrected chi connectivity index (χ2v) is 3.36. The van der Waals surface area contributed by atoms with Gasteiger partial charge in [-0.3, -0.25) is 0 Å². The number of benzene rings is 1. The predicted molar refractivity (Wildman–Crippen MR) is 60.6 cm³/mol. The number of nitriles is 2. The van der Waals surface area contributed by atoms with Gasteiger partial charge in [0.1, 0.15) is 17.4 Å². The fourth-order valence-electron chi connectivity index (χ4n) is 1.55. The number of aliphatic hydroxyl groups is 1. The van der Waals surface area contributed by atoms with Crippen LogP contribution < -0.4 is 4.90 Å². The van der Waals surface area contributed by atoms with Gasteiger partial charge in [0.25, 0.3) is 0 Å². The Morgan fingerprint density at radius 2 is 2.06 bits per heavy atom. The van der Waals surface area contributed by atoms with E-state index >= 15 is 0 Å². The van der Waals surface area contributed by atoms with E-state index in [4.69, 9.17) is 15.6 Å². The van der Waals surface area contributed by atoms with Crippen molar-refractivity contribution < 1.29 is 9.50 Å². The highest BCUT2D eigenvalue weighted by Gasteiger charge is 2.13. The minimum absolute atomic E-state index is 0.0566. The number of hydrogen-bond donors (Lipinski definition) is 1. The van der Waals surface area contributed by atoms with Crippen LogP contribution in [0.15, 0.2) is 18.2 Å². The van der Waals surface area contributed by atoms with E-state index in [1.165, 1.54) is 12.1 Å². The maximum Gasteiger partial charge on any atom is 0.143 e. The molecule has 0 unspecified atom stereocenters. The van der Waals surface area contributed by atoms with Gasteiger partial charge in [0.2, 0.25) is 0 Å². The van der Waals surface area contributed by atoms with Crippen LogP contribution in [0.1, 0.15) is 12.0 Å². The Morgan fingerprint density at radius 3 is 2.65 bits per heavy atom. The van der Waals surface area contributed by atoms with Gasteiger partial charge in [0.05, 0.1) is 24.8 Å². The maximum absolute atomic E-state index is 13.4. The Labute approximate surface area is 99.1 Å². The van der Waals surface area contributed by atoms with Crippen molar-refractivity contribution in [3.63, 3.8) is 0 Å². The van der Waals surface area contributed by atoms with Crippen molar-refractivity contribution in [2.75, 3.05) is 24.6 Å². The third-order valence-electron chi connectivity index (χ3n) is 2.31. The van der Waals surface area contributed by atoms with E-state index in [9.17, 15) is 4.39 Å². The fraction of sp³-hybridized carbons (Fsp3) is 0.333. The Balaban J connectivity index is 3.06. The SMILES string of the molecule is N#CCCN(CCO)c1cccc(F)c1C#N. The van der Waals surface area contributed by atoms with Gasteiger partial charge in [0, 0.05) is 13.1 Å². The maximum atomic E-state index is 13.4. The zero-order valence-electron chi connectivity index (χ0n) is 9.23. The number of nitrogens with zero attached hydrogens (tertiary/aromatic N) is 3. The largest absolute Gasteiger partial charge is 0.395 e. The van der Waals surface area contributed by atoms with Crippen molar-refractivity contribution >= 4 is 5.69 Å². The minimum atomic E-state index is -0.593. The fourth-order valence-corrected chi connectivity index (χ4v) is 1.55. The van der Waals surface area contributed by atoms with Gasteiger partial charge >= 0.3 is 0 Å². The average molecular weight is 233 g/mol. The molecule has 1 aromatic rings. The van der Waals surface area contributed by atoms with Crippen molar-refractivity contribution in [1.82, 2.24) is 0 Å². The molecule has 1 rings (SSSR count). The first kappa shape index (κ1) is 13.0. The number of halogens is 1. The number of hydrogen-bond acceptors (Lipinski definition) is 4. The molecule has 0 atom stereocenters. The second kappa shape index (κ2) is 6.47. The Hall–Kier alpha value is -2.11. The molecule has 0 aliphatic heterocycles. The summed E-state index contributed by atoms with van der Waals surface area (Å²) in [6, 6.07) is 8.10. The van der Waals surface area contributed by atoms with Crippen molar-refractivity contribution in [3.05, 3.63) is 29.6 Å². The molecular weight excluding hydrogens is 221 g/mol. The molecule has 0 heterocycles. The van der Waals surface area contributed by atoms with Crippen LogP contribution in [0, 0.1) is 28.5 Å². The van der Waals surface area contributed by atoms with Gasteiger partial charge in [-0.1, -0.05) is 6.07 Å². The lowest BCUT2D eigenvalue weighted by molar-refractivity contribution is 0.302. The van der Waals surface area contributed by atoms with Crippen molar-refractivity contribution in [3.8, 4) is 12.1 Å². The van der Waals surface area contributed by atoms with E-state index in [1.807, 2.05) is 6.07 Å². The molecular formula is C12H12FN3O. The number of aliphatic hydroxyl groups excluding tert-OH is 1. The normalized spacial score (nSPS) is 9.41. The highest BCUT2D eigenvalue weighted by molar-refractivity contribution is 5.59. The topological polar surface area (TPSA) is 71.1 Å². The van der Waals surface area contributed by atoms with E-state index in [2.05, 4.69) is 0 Å². The molecule has 1 N–H and O–H groups in total. The molecule has 0 aliphatic carbocycles. The first-order valence-corrected chi connectivity index (χ1v) is 5.16. The van der Waals surface area contributed by atoms with E-state index in [0.717, 1.165) is 0 Å². The molecule has 88 valence electrons. The van der Waals surface area contributed by atoms with Crippen LogP contribution >= 0.6 is 0 Å². The molecule has 5 heteroatoms. The predicted octanol–water partition coefficient (Wildman–Crippen LogP) is 1.41. The summed E-state index contributed by atoms with van der Waals surface area (Å²) in [5.74, 6) is -0.593. The molecule has 0 saturated carbocycles. The zero-order chi connectivity index (χ0) is 12.7. The summed E-state index contributed by atoms with van der Waals surface area (Å²) in [7, 11) is 0. The minimum Gasteiger partial charge on any atom is -0.395 e. The average Bonchev–Trinajstić information content (AvgIpc) is 2.34. The number of anilines is 1. The summed E-state index contributed by atoms with van der Waals surface area (Å²) in [5.41, 5.74) is 0.357. The molecule has 17 heavy (non-hydrogen) atoms. The van der Waals surface area contributed by atoms with Crippen LogP contribution in [-0.4, -0.2) is 24.8 Å². The van der Waals surface area contributed by atoms with Crippen LogP contribution in [0.2, 0.25) is 0 Å². The molecule has 0 fully saturated rings. The van der Waals surface area contributed by atoms with E-state index in [0.29, 0.717) is 12.2 Å². The standard InChI is InChI=1S/C12H12FN3O/c13-11-3-1-4-12(10(11)9-15)16(7-8-17)6-2-5-14/h1,3-4,17H,2,6-8H2. The molecule has 0 aliphatic rings. The Morgan fingerprint density at radius 1 is 1.29 bits per heavy atom. The lowest BCUT2D eigenvalue weighted by atomic mass is 10.1. The molecule has 0 bridgehead atoms. The van der Waals surface area contributed by atoms with Crippen LogP contribution in [0.25, 0.3) is 0 Å². The van der Waals surface area contributed by atoms with Crippen LogP contribution in [0.4, 0.5) is 10.1 Å². The highest BCUT2D eigenvalue weighted by Crippen LogP contribution is 2.22. The molecule has 0 spiro atoms. The van der Waals surface area contributed by atoms with Gasteiger partial charge in [-0.05, 0) is 12.1 Å². The lowest BCUT2D eigenvalue weighted by Gasteiger charge is -2.23. The summed E-state index contributed by atoms with van der Waals surface area (Å²) in [4.78, 5) is 1.63.